The van der Waals surface area contributed by atoms with E-state index in [9.17, 15) is 26.3 Å². The van der Waals surface area contributed by atoms with Gasteiger partial charge in [-0.15, -0.1) is 0 Å². The molecule has 1 atom stereocenters. The first-order valence-electron chi connectivity index (χ1n) is 6.76. The summed E-state index contributed by atoms with van der Waals surface area (Å²) in [6.45, 7) is 3.91. The van der Waals surface area contributed by atoms with Gasteiger partial charge in [0, 0.05) is 0 Å². The molecule has 0 saturated carbocycles. The molecular formula is C16H12F6Hf. The van der Waals surface area contributed by atoms with Gasteiger partial charge in [-0.3, -0.25) is 0 Å². The second kappa shape index (κ2) is 7.20. The van der Waals surface area contributed by atoms with Crippen LogP contribution in [-0.4, -0.2) is 0 Å². The Hall–Kier alpha value is -1.11. The van der Waals surface area contributed by atoms with Gasteiger partial charge in [-0.25, -0.2) is 0 Å². The van der Waals surface area contributed by atoms with E-state index in [1.54, 1.807) is 12.1 Å². The average molecular weight is 497 g/mol. The first-order chi connectivity index (χ1) is 10.7. The molecule has 0 aliphatic heterocycles. The molecule has 0 radical (unpaired) electrons. The maximum atomic E-state index is 14.3. The second-order valence-corrected chi connectivity index (χ2v) is 9.93. The van der Waals surface area contributed by atoms with Crippen molar-refractivity contribution in [2.45, 2.75) is 23.7 Å². The molecule has 0 fully saturated rings. The monoisotopic (exact) mass is 498 g/mol. The van der Waals surface area contributed by atoms with Crippen molar-refractivity contribution in [3.05, 3.63) is 64.5 Å². The van der Waals surface area contributed by atoms with Crippen molar-refractivity contribution in [2.75, 3.05) is 0 Å². The Morgan fingerprint density at radius 3 is 1.52 bits per heavy atom. The van der Waals surface area contributed by atoms with Crippen LogP contribution in [0, 0.1) is 29.1 Å². The fraction of sp³-hybridized carbons (Fsp3) is 0.250. The molecule has 0 aliphatic rings. The molecule has 0 aromatic heterocycles. The summed E-state index contributed by atoms with van der Waals surface area (Å²) >= 11 is -2.98. The molecule has 2 aromatic rings. The summed E-state index contributed by atoms with van der Waals surface area (Å²) in [7, 11) is 0. The first-order valence-corrected chi connectivity index (χ1v) is 10.6. The molecule has 0 N–H and O–H groups in total. The van der Waals surface area contributed by atoms with Gasteiger partial charge in [0.25, 0.3) is 0 Å². The molecule has 0 spiro atoms. The van der Waals surface area contributed by atoms with Crippen molar-refractivity contribution in [3.8, 4) is 0 Å². The standard InChI is InChI=1S/C10H12F.C6F5.Hf/c1-8(2)10-5-3-9(7-11)4-6-10;7-2-1-3(8)5(10)6(11)4(2)9;/h3-8H,1-2H3;;. The summed E-state index contributed by atoms with van der Waals surface area (Å²) in [5, 5.41) is 0. The predicted octanol–water partition coefficient (Wildman–Crippen LogP) is 4.88. The summed E-state index contributed by atoms with van der Waals surface area (Å²) in [5.41, 5.74) is 1.16. The van der Waals surface area contributed by atoms with E-state index in [0.29, 0.717) is 0 Å². The van der Waals surface area contributed by atoms with Gasteiger partial charge in [-0.1, -0.05) is 0 Å². The van der Waals surface area contributed by atoms with Gasteiger partial charge in [0.2, 0.25) is 0 Å². The number of hydrogen-bond acceptors (Lipinski definition) is 0. The molecule has 122 valence electrons. The molecule has 0 heterocycles. The normalized spacial score (nSPS) is 12.6. The quantitative estimate of drug-likeness (QED) is 0.245. The van der Waals surface area contributed by atoms with Crippen LogP contribution in [0.4, 0.5) is 26.3 Å². The van der Waals surface area contributed by atoms with Crippen LogP contribution < -0.4 is 3.32 Å². The molecule has 0 nitrogen and oxygen atoms in total. The van der Waals surface area contributed by atoms with Crippen molar-refractivity contribution in [1.29, 1.82) is 0 Å². The van der Waals surface area contributed by atoms with E-state index in [2.05, 4.69) is 0 Å². The van der Waals surface area contributed by atoms with Gasteiger partial charge in [-0.2, -0.15) is 0 Å². The predicted molar refractivity (Wildman–Crippen MR) is 70.2 cm³/mol. The Balaban J connectivity index is 2.32. The Morgan fingerprint density at radius 2 is 1.09 bits per heavy atom. The summed E-state index contributed by atoms with van der Waals surface area (Å²) in [5.74, 6) is -9.84. The van der Waals surface area contributed by atoms with Gasteiger partial charge >= 0.3 is 141 Å². The fourth-order valence-corrected chi connectivity index (χ4v) is 5.89. The van der Waals surface area contributed by atoms with E-state index in [1.807, 2.05) is 13.8 Å². The Morgan fingerprint density at radius 1 is 0.696 bits per heavy atom. The van der Waals surface area contributed by atoms with E-state index >= 15 is 0 Å². The third-order valence-corrected chi connectivity index (χ3v) is 8.10. The van der Waals surface area contributed by atoms with Crippen molar-refractivity contribution < 1.29 is 49.2 Å². The van der Waals surface area contributed by atoms with Gasteiger partial charge in [0.05, 0.1) is 0 Å². The van der Waals surface area contributed by atoms with Gasteiger partial charge < -0.3 is 0 Å². The molecule has 0 aliphatic carbocycles. The van der Waals surface area contributed by atoms with Crippen LogP contribution in [-0.2, 0) is 22.9 Å². The van der Waals surface area contributed by atoms with E-state index < -0.39 is 59.2 Å². The van der Waals surface area contributed by atoms with Crippen LogP contribution in [0.25, 0.3) is 0 Å². The number of halogens is 6. The maximum absolute atomic E-state index is 14.3. The Labute approximate surface area is 140 Å². The van der Waals surface area contributed by atoms with E-state index in [0.717, 1.165) is 5.56 Å². The summed E-state index contributed by atoms with van der Waals surface area (Å²) in [4.78, 5) is 0. The third-order valence-electron chi connectivity index (χ3n) is 3.38. The van der Waals surface area contributed by atoms with Crippen LogP contribution in [0.15, 0.2) is 24.3 Å². The SMILES string of the molecule is CC(C)c1ccc([CH](F)[Hf][c]2c(F)c(F)c(F)c(F)c2F)cc1. The summed E-state index contributed by atoms with van der Waals surface area (Å²) < 4.78 is 78.1. The molecule has 2 aromatic carbocycles. The third kappa shape index (κ3) is 3.70. The van der Waals surface area contributed by atoms with Crippen molar-refractivity contribution in [2.24, 2.45) is 0 Å². The number of alkyl halides is 1. The molecular weight excluding hydrogens is 485 g/mol. The number of rotatable bonds is 4. The van der Waals surface area contributed by atoms with Crippen LogP contribution in [0.3, 0.4) is 0 Å². The first kappa shape index (κ1) is 18.2. The zero-order chi connectivity index (χ0) is 17.3. The fourth-order valence-electron chi connectivity index (χ4n) is 1.99. The van der Waals surface area contributed by atoms with Crippen LogP contribution in [0.1, 0.15) is 34.8 Å². The van der Waals surface area contributed by atoms with Crippen LogP contribution >= 0.6 is 0 Å². The van der Waals surface area contributed by atoms with Gasteiger partial charge in [0.1, 0.15) is 0 Å². The second-order valence-electron chi connectivity index (χ2n) is 5.27. The average Bonchev–Trinajstić information content (AvgIpc) is 2.55. The van der Waals surface area contributed by atoms with Crippen molar-refractivity contribution >= 4 is 3.32 Å². The molecule has 0 bridgehead atoms. The molecule has 1 unspecified atom stereocenters. The van der Waals surface area contributed by atoms with Gasteiger partial charge in [-0.05, 0) is 0 Å². The molecule has 0 amide bonds. The number of hydrogen-bond donors (Lipinski definition) is 0. The summed E-state index contributed by atoms with van der Waals surface area (Å²) in [6.07, 6.45) is 0. The molecule has 0 saturated heterocycles. The van der Waals surface area contributed by atoms with Gasteiger partial charge in [0.15, 0.2) is 0 Å². The van der Waals surface area contributed by atoms with E-state index in [4.69, 9.17) is 0 Å². The Bertz CT molecular complexity index is 682. The molecule has 2 rings (SSSR count). The van der Waals surface area contributed by atoms with Crippen molar-refractivity contribution in [1.82, 2.24) is 0 Å². The minimum absolute atomic E-state index is 0.196. The molecule has 7 heteroatoms. The van der Waals surface area contributed by atoms with E-state index in [1.165, 1.54) is 12.1 Å². The molecule has 23 heavy (non-hydrogen) atoms. The van der Waals surface area contributed by atoms with E-state index in [-0.39, 0.29) is 11.5 Å². The van der Waals surface area contributed by atoms with Crippen molar-refractivity contribution in [3.63, 3.8) is 0 Å². The zero-order valence-electron chi connectivity index (χ0n) is 12.2. The topological polar surface area (TPSA) is 0 Å². The number of benzene rings is 2. The minimum atomic E-state index is -2.98. The summed E-state index contributed by atoms with van der Waals surface area (Å²) in [6, 6.07) is 6.35. The zero-order valence-corrected chi connectivity index (χ0v) is 15.8. The Kier molecular flexibility index (Phi) is 5.70. The van der Waals surface area contributed by atoms with Crippen LogP contribution in [0.5, 0.6) is 0 Å². The van der Waals surface area contributed by atoms with Crippen LogP contribution in [0.2, 0.25) is 0 Å².